The molecule has 1 unspecified atom stereocenters. The van der Waals surface area contributed by atoms with Crippen molar-refractivity contribution in [1.82, 2.24) is 10.3 Å². The summed E-state index contributed by atoms with van der Waals surface area (Å²) >= 11 is 0. The second kappa shape index (κ2) is 8.23. The SMILES string of the molecule is CN(C)c1ccc(C(=O)NCC(Cc2ccc(F)cc2)C(N)=O)cn1. The number of carbonyl (C=O) groups is 2. The number of pyridine rings is 1. The highest BCUT2D eigenvalue weighted by Gasteiger charge is 2.18. The normalized spacial score (nSPS) is 11.6. The Morgan fingerprint density at radius 3 is 2.40 bits per heavy atom. The van der Waals surface area contributed by atoms with Crippen LogP contribution < -0.4 is 16.0 Å². The van der Waals surface area contributed by atoms with Gasteiger partial charge in [-0.15, -0.1) is 0 Å². The van der Waals surface area contributed by atoms with Crippen molar-refractivity contribution in [3.63, 3.8) is 0 Å². The van der Waals surface area contributed by atoms with Gasteiger partial charge in [-0.25, -0.2) is 9.37 Å². The average molecular weight is 344 g/mol. The third-order valence-corrected chi connectivity index (χ3v) is 3.78. The average Bonchev–Trinajstić information content (AvgIpc) is 2.59. The van der Waals surface area contributed by atoms with Crippen LogP contribution in [0.3, 0.4) is 0 Å². The highest BCUT2D eigenvalue weighted by atomic mass is 19.1. The van der Waals surface area contributed by atoms with Gasteiger partial charge in [0.15, 0.2) is 0 Å². The molecule has 1 heterocycles. The maximum atomic E-state index is 12.9. The molecule has 2 amide bonds. The van der Waals surface area contributed by atoms with Crippen molar-refractivity contribution in [1.29, 1.82) is 0 Å². The molecule has 0 aliphatic carbocycles. The van der Waals surface area contributed by atoms with Crippen LogP contribution in [0.15, 0.2) is 42.6 Å². The van der Waals surface area contributed by atoms with Crippen molar-refractivity contribution in [3.05, 3.63) is 59.5 Å². The van der Waals surface area contributed by atoms with Crippen LogP contribution in [0.4, 0.5) is 10.2 Å². The molecular weight excluding hydrogens is 323 g/mol. The van der Waals surface area contributed by atoms with Crippen molar-refractivity contribution in [2.45, 2.75) is 6.42 Å². The first-order chi connectivity index (χ1) is 11.9. The van der Waals surface area contributed by atoms with Crippen molar-refractivity contribution in [2.75, 3.05) is 25.5 Å². The Labute approximate surface area is 145 Å². The second-order valence-corrected chi connectivity index (χ2v) is 5.94. The Morgan fingerprint density at radius 1 is 1.20 bits per heavy atom. The zero-order valence-electron chi connectivity index (χ0n) is 14.2. The topological polar surface area (TPSA) is 88.3 Å². The maximum Gasteiger partial charge on any atom is 0.252 e. The van der Waals surface area contributed by atoms with E-state index in [1.807, 2.05) is 19.0 Å². The Kier molecular flexibility index (Phi) is 6.05. The number of nitrogens with zero attached hydrogens (tertiary/aromatic N) is 2. The quantitative estimate of drug-likeness (QED) is 0.794. The number of rotatable bonds is 7. The number of amides is 2. The number of primary amides is 1. The van der Waals surface area contributed by atoms with Crippen LogP contribution >= 0.6 is 0 Å². The Balaban J connectivity index is 1.96. The summed E-state index contributed by atoms with van der Waals surface area (Å²) < 4.78 is 12.9. The van der Waals surface area contributed by atoms with Gasteiger partial charge in [0.25, 0.3) is 5.91 Å². The van der Waals surface area contributed by atoms with Crippen LogP contribution in [0.1, 0.15) is 15.9 Å². The lowest BCUT2D eigenvalue weighted by molar-refractivity contribution is -0.121. The molecule has 0 fully saturated rings. The lowest BCUT2D eigenvalue weighted by atomic mass is 9.98. The number of carbonyl (C=O) groups excluding carboxylic acids is 2. The lowest BCUT2D eigenvalue weighted by Crippen LogP contribution is -2.37. The summed E-state index contributed by atoms with van der Waals surface area (Å²) in [5, 5.41) is 2.69. The molecule has 0 saturated carbocycles. The van der Waals surface area contributed by atoms with Gasteiger partial charge in [0.05, 0.1) is 11.5 Å². The first-order valence-corrected chi connectivity index (χ1v) is 7.82. The highest BCUT2D eigenvalue weighted by Crippen LogP contribution is 2.11. The summed E-state index contributed by atoms with van der Waals surface area (Å²) in [5.41, 5.74) is 6.58. The summed E-state index contributed by atoms with van der Waals surface area (Å²) in [6, 6.07) is 9.23. The van der Waals surface area contributed by atoms with E-state index >= 15 is 0 Å². The molecule has 7 heteroatoms. The first-order valence-electron chi connectivity index (χ1n) is 7.82. The molecule has 0 radical (unpaired) electrons. The van der Waals surface area contributed by atoms with Gasteiger partial charge < -0.3 is 16.0 Å². The number of anilines is 1. The fourth-order valence-corrected chi connectivity index (χ4v) is 2.28. The van der Waals surface area contributed by atoms with Gasteiger partial charge in [0.2, 0.25) is 5.91 Å². The number of nitrogens with two attached hydrogens (primary N) is 1. The standard InChI is InChI=1S/C18H21FN4O2/c1-23(2)16-8-5-13(10-21-16)18(25)22-11-14(17(20)24)9-12-3-6-15(19)7-4-12/h3-8,10,14H,9,11H2,1-2H3,(H2,20,24)(H,22,25). The minimum Gasteiger partial charge on any atom is -0.369 e. The highest BCUT2D eigenvalue weighted by molar-refractivity contribution is 5.94. The van der Waals surface area contributed by atoms with Gasteiger partial charge in [-0.05, 0) is 36.2 Å². The molecule has 25 heavy (non-hydrogen) atoms. The Bertz CT molecular complexity index is 730. The van der Waals surface area contributed by atoms with E-state index in [9.17, 15) is 14.0 Å². The summed E-state index contributed by atoms with van der Waals surface area (Å²) in [7, 11) is 3.71. The van der Waals surface area contributed by atoms with E-state index < -0.39 is 11.8 Å². The smallest absolute Gasteiger partial charge is 0.252 e. The zero-order valence-corrected chi connectivity index (χ0v) is 14.2. The molecule has 132 valence electrons. The zero-order chi connectivity index (χ0) is 18.4. The minimum absolute atomic E-state index is 0.0982. The molecule has 3 N–H and O–H groups in total. The number of nitrogens with one attached hydrogen (secondary N) is 1. The predicted molar refractivity (Wildman–Crippen MR) is 93.7 cm³/mol. The van der Waals surface area contributed by atoms with Crippen molar-refractivity contribution in [2.24, 2.45) is 11.7 Å². The van der Waals surface area contributed by atoms with Crippen LogP contribution in [0.5, 0.6) is 0 Å². The van der Waals surface area contributed by atoms with Crippen LogP contribution in [-0.4, -0.2) is 37.4 Å². The molecule has 6 nitrogen and oxygen atoms in total. The van der Waals surface area contributed by atoms with Crippen LogP contribution in [0.25, 0.3) is 0 Å². The third kappa shape index (κ3) is 5.27. The predicted octanol–water partition coefficient (Wildman–Crippen LogP) is 1.36. The van der Waals surface area contributed by atoms with Crippen LogP contribution in [0, 0.1) is 11.7 Å². The molecule has 2 aromatic rings. The Morgan fingerprint density at radius 2 is 1.88 bits per heavy atom. The first kappa shape index (κ1) is 18.4. The molecule has 1 aromatic heterocycles. The number of hydrogen-bond donors (Lipinski definition) is 2. The molecule has 0 aliphatic rings. The van der Waals surface area contributed by atoms with Gasteiger partial charge in [0.1, 0.15) is 11.6 Å². The van der Waals surface area contributed by atoms with E-state index in [4.69, 9.17) is 5.73 Å². The largest absolute Gasteiger partial charge is 0.369 e. The van der Waals surface area contributed by atoms with E-state index in [0.717, 1.165) is 11.4 Å². The molecule has 0 spiro atoms. The van der Waals surface area contributed by atoms with Gasteiger partial charge >= 0.3 is 0 Å². The van der Waals surface area contributed by atoms with Gasteiger partial charge in [-0.1, -0.05) is 12.1 Å². The minimum atomic E-state index is -0.580. The molecule has 2 rings (SSSR count). The molecule has 0 aliphatic heterocycles. The molecule has 0 saturated heterocycles. The van der Waals surface area contributed by atoms with E-state index in [0.29, 0.717) is 12.0 Å². The molecule has 1 aromatic carbocycles. The van der Waals surface area contributed by atoms with E-state index in [2.05, 4.69) is 10.3 Å². The maximum absolute atomic E-state index is 12.9. The van der Waals surface area contributed by atoms with E-state index in [-0.39, 0.29) is 18.3 Å². The summed E-state index contributed by atoms with van der Waals surface area (Å²) in [6.07, 6.45) is 1.80. The van der Waals surface area contributed by atoms with Gasteiger partial charge in [-0.3, -0.25) is 9.59 Å². The van der Waals surface area contributed by atoms with Crippen molar-refractivity contribution >= 4 is 17.6 Å². The monoisotopic (exact) mass is 344 g/mol. The summed E-state index contributed by atoms with van der Waals surface area (Å²) in [5.74, 6) is -1.04. The number of benzene rings is 1. The summed E-state index contributed by atoms with van der Waals surface area (Å²) in [4.78, 5) is 29.8. The molecule has 1 atom stereocenters. The molecular formula is C18H21FN4O2. The van der Waals surface area contributed by atoms with Gasteiger partial charge in [0, 0.05) is 26.8 Å². The van der Waals surface area contributed by atoms with Crippen LogP contribution in [0.2, 0.25) is 0 Å². The van der Waals surface area contributed by atoms with Crippen molar-refractivity contribution < 1.29 is 14.0 Å². The number of hydrogen-bond acceptors (Lipinski definition) is 4. The third-order valence-electron chi connectivity index (χ3n) is 3.78. The number of aromatic nitrogens is 1. The second-order valence-electron chi connectivity index (χ2n) is 5.94. The number of halogens is 1. The van der Waals surface area contributed by atoms with Crippen LogP contribution in [-0.2, 0) is 11.2 Å². The lowest BCUT2D eigenvalue weighted by Gasteiger charge is -2.15. The van der Waals surface area contributed by atoms with Crippen molar-refractivity contribution in [3.8, 4) is 0 Å². The Hall–Kier alpha value is -2.96. The van der Waals surface area contributed by atoms with Gasteiger partial charge in [-0.2, -0.15) is 0 Å². The summed E-state index contributed by atoms with van der Waals surface area (Å²) in [6.45, 7) is 0.0982. The van der Waals surface area contributed by atoms with E-state index in [1.165, 1.54) is 18.3 Å². The van der Waals surface area contributed by atoms with E-state index in [1.54, 1.807) is 24.3 Å². The fourth-order valence-electron chi connectivity index (χ4n) is 2.28. The fraction of sp³-hybridized carbons (Fsp3) is 0.278. The molecule has 0 bridgehead atoms.